The van der Waals surface area contributed by atoms with Gasteiger partial charge in [-0.25, -0.2) is 9.97 Å². The fraction of sp³-hybridized carbons (Fsp3) is 0. The number of benzene rings is 6. The van der Waals surface area contributed by atoms with E-state index in [4.69, 9.17) is 9.97 Å². The third-order valence-corrected chi connectivity index (χ3v) is 10.0. The molecule has 45 heavy (non-hydrogen) atoms. The number of thiophene rings is 1. The van der Waals surface area contributed by atoms with Crippen LogP contribution in [0.25, 0.3) is 86.8 Å². The summed E-state index contributed by atoms with van der Waals surface area (Å²) in [7, 11) is 0. The first-order chi connectivity index (χ1) is 22.3. The Morgan fingerprint density at radius 2 is 0.956 bits per heavy atom. The van der Waals surface area contributed by atoms with Crippen molar-refractivity contribution < 1.29 is 0 Å². The van der Waals surface area contributed by atoms with Gasteiger partial charge in [-0.1, -0.05) is 103 Å². The summed E-state index contributed by atoms with van der Waals surface area (Å²) in [6.07, 6.45) is 0. The van der Waals surface area contributed by atoms with Crippen molar-refractivity contribution in [3.63, 3.8) is 0 Å². The summed E-state index contributed by atoms with van der Waals surface area (Å²) in [4.78, 5) is 11.7. The van der Waals surface area contributed by atoms with Gasteiger partial charge in [0, 0.05) is 42.9 Å². The lowest BCUT2D eigenvalue weighted by atomic mass is 10.1. The molecule has 0 saturated carbocycles. The van der Waals surface area contributed by atoms with Crippen LogP contribution < -0.4 is 0 Å². The molecule has 10 rings (SSSR count). The van der Waals surface area contributed by atoms with Crippen LogP contribution >= 0.6 is 11.3 Å². The Balaban J connectivity index is 1.28. The van der Waals surface area contributed by atoms with E-state index in [1.54, 1.807) is 11.3 Å². The van der Waals surface area contributed by atoms with Crippen LogP contribution in [0.4, 0.5) is 0 Å². The van der Waals surface area contributed by atoms with E-state index >= 15 is 0 Å². The van der Waals surface area contributed by atoms with Crippen molar-refractivity contribution in [3.05, 3.63) is 146 Å². The number of hydrogen-bond acceptors (Lipinski definition) is 3. The van der Waals surface area contributed by atoms with Gasteiger partial charge in [0.2, 0.25) is 0 Å². The molecule has 0 N–H and O–H groups in total. The second-order valence-corrected chi connectivity index (χ2v) is 12.5. The zero-order valence-corrected chi connectivity index (χ0v) is 24.9. The Morgan fingerprint density at radius 1 is 0.444 bits per heavy atom. The molecule has 0 saturated heterocycles. The first kappa shape index (κ1) is 24.6. The molecule has 0 bridgehead atoms. The first-order valence-corrected chi connectivity index (χ1v) is 15.9. The third-order valence-electron chi connectivity index (χ3n) is 8.95. The third kappa shape index (κ3) is 3.53. The lowest BCUT2D eigenvalue weighted by Gasteiger charge is -2.13. The van der Waals surface area contributed by atoms with E-state index in [0.717, 1.165) is 38.3 Å². The summed E-state index contributed by atoms with van der Waals surface area (Å²) in [5.74, 6) is 1.63. The molecule has 0 unspecified atom stereocenters. The standard InChI is InChI=1S/C40H24N4S/c1-6-19-32-27(14-1)28-15-2-7-20-33(28)43(32)26-13-11-12-25(24-26)38-41-39(37-31-18-5-10-23-36(31)45-40(37)42-38)44-34-21-8-3-16-29(34)30-17-4-9-22-35(30)44/h1-24H. The number of nitrogens with zero attached hydrogens (tertiary/aromatic N) is 4. The van der Waals surface area contributed by atoms with E-state index in [-0.39, 0.29) is 0 Å². The highest BCUT2D eigenvalue weighted by Crippen LogP contribution is 2.41. The molecule has 4 aromatic heterocycles. The average molecular weight is 593 g/mol. The zero-order valence-electron chi connectivity index (χ0n) is 24.1. The first-order valence-electron chi connectivity index (χ1n) is 15.1. The van der Waals surface area contributed by atoms with Crippen molar-refractivity contribution in [2.75, 3.05) is 0 Å². The molecule has 0 radical (unpaired) electrons. The molecule has 210 valence electrons. The normalized spacial score (nSPS) is 12.0. The fourth-order valence-corrected chi connectivity index (χ4v) is 8.10. The second kappa shape index (κ2) is 9.36. The SMILES string of the molecule is c1cc(-c2nc(-n3c4ccccc4c4ccccc43)c3c(n2)sc2ccccc23)cc(-n2c3ccccc3c3ccccc32)c1. The van der Waals surface area contributed by atoms with Crippen LogP contribution in [0, 0.1) is 0 Å². The molecule has 0 aliphatic heterocycles. The van der Waals surface area contributed by atoms with Gasteiger partial charge < -0.3 is 4.57 Å². The maximum absolute atomic E-state index is 5.43. The number of fused-ring (bicyclic) bond motifs is 9. The van der Waals surface area contributed by atoms with Crippen LogP contribution in [0.2, 0.25) is 0 Å². The number of para-hydroxylation sites is 4. The fourth-order valence-electron chi connectivity index (χ4n) is 7.03. The second-order valence-electron chi connectivity index (χ2n) is 11.4. The van der Waals surface area contributed by atoms with Crippen molar-refractivity contribution in [1.29, 1.82) is 0 Å². The molecule has 10 aromatic rings. The summed E-state index contributed by atoms with van der Waals surface area (Å²) in [5, 5.41) is 7.19. The van der Waals surface area contributed by atoms with Gasteiger partial charge in [-0.2, -0.15) is 0 Å². The molecule has 6 aromatic carbocycles. The van der Waals surface area contributed by atoms with Crippen LogP contribution in [0.1, 0.15) is 0 Å². The smallest absolute Gasteiger partial charge is 0.163 e. The molecule has 0 amide bonds. The highest BCUT2D eigenvalue weighted by molar-refractivity contribution is 7.25. The Kier molecular flexibility index (Phi) is 5.12. The van der Waals surface area contributed by atoms with Gasteiger partial charge in [-0.3, -0.25) is 4.57 Å². The van der Waals surface area contributed by atoms with Gasteiger partial charge in [0.05, 0.1) is 27.5 Å². The highest BCUT2D eigenvalue weighted by Gasteiger charge is 2.21. The van der Waals surface area contributed by atoms with E-state index < -0.39 is 0 Å². The molecule has 4 nitrogen and oxygen atoms in total. The number of aromatic nitrogens is 4. The van der Waals surface area contributed by atoms with E-state index in [0.29, 0.717) is 5.82 Å². The maximum atomic E-state index is 5.43. The summed E-state index contributed by atoms with van der Waals surface area (Å²) in [5.41, 5.74) is 6.71. The van der Waals surface area contributed by atoms with Crippen molar-refractivity contribution >= 4 is 75.3 Å². The quantitative estimate of drug-likeness (QED) is 0.205. The van der Waals surface area contributed by atoms with Gasteiger partial charge in [0.25, 0.3) is 0 Å². The molecular formula is C40H24N4S. The molecule has 0 atom stereocenters. The lowest BCUT2D eigenvalue weighted by Crippen LogP contribution is -2.02. The largest absolute Gasteiger partial charge is 0.309 e. The molecule has 0 aliphatic rings. The zero-order chi connectivity index (χ0) is 29.5. The van der Waals surface area contributed by atoms with Crippen LogP contribution in [0.3, 0.4) is 0 Å². The van der Waals surface area contributed by atoms with Crippen molar-refractivity contribution in [3.8, 4) is 22.9 Å². The van der Waals surface area contributed by atoms with Gasteiger partial charge in [0.15, 0.2) is 11.6 Å². The molecule has 0 aliphatic carbocycles. The Labute approximate surface area is 262 Å². The minimum absolute atomic E-state index is 0.716. The van der Waals surface area contributed by atoms with E-state index in [1.807, 2.05) is 0 Å². The summed E-state index contributed by atoms with van der Waals surface area (Å²) in [6, 6.07) is 51.7. The van der Waals surface area contributed by atoms with E-state index in [1.165, 1.54) is 42.7 Å². The summed E-state index contributed by atoms with van der Waals surface area (Å²) >= 11 is 1.73. The summed E-state index contributed by atoms with van der Waals surface area (Å²) < 4.78 is 5.88. The van der Waals surface area contributed by atoms with Crippen LogP contribution in [-0.2, 0) is 0 Å². The predicted molar refractivity (Wildman–Crippen MR) is 189 cm³/mol. The van der Waals surface area contributed by atoms with Gasteiger partial charge in [-0.15, -0.1) is 11.3 Å². The molecule has 4 heterocycles. The van der Waals surface area contributed by atoms with Gasteiger partial charge in [0.1, 0.15) is 4.83 Å². The highest BCUT2D eigenvalue weighted by atomic mass is 32.1. The topological polar surface area (TPSA) is 35.6 Å². The van der Waals surface area contributed by atoms with Gasteiger partial charge >= 0.3 is 0 Å². The Hall–Kier alpha value is -5.78. The summed E-state index contributed by atoms with van der Waals surface area (Å²) in [6.45, 7) is 0. The van der Waals surface area contributed by atoms with Crippen LogP contribution in [0.5, 0.6) is 0 Å². The van der Waals surface area contributed by atoms with Gasteiger partial charge in [-0.05, 0) is 42.5 Å². The van der Waals surface area contributed by atoms with Crippen molar-refractivity contribution in [2.24, 2.45) is 0 Å². The van der Waals surface area contributed by atoms with Crippen molar-refractivity contribution in [1.82, 2.24) is 19.1 Å². The monoisotopic (exact) mass is 592 g/mol. The molecule has 0 fully saturated rings. The van der Waals surface area contributed by atoms with E-state index in [2.05, 4.69) is 155 Å². The van der Waals surface area contributed by atoms with Crippen LogP contribution in [-0.4, -0.2) is 19.1 Å². The molecule has 5 heteroatoms. The number of hydrogen-bond donors (Lipinski definition) is 0. The average Bonchev–Trinajstić information content (AvgIpc) is 3.76. The van der Waals surface area contributed by atoms with Crippen molar-refractivity contribution in [2.45, 2.75) is 0 Å². The van der Waals surface area contributed by atoms with E-state index in [9.17, 15) is 0 Å². The molecular weight excluding hydrogens is 569 g/mol. The maximum Gasteiger partial charge on any atom is 0.163 e. The number of rotatable bonds is 3. The minimum atomic E-state index is 0.716. The lowest BCUT2D eigenvalue weighted by molar-refractivity contribution is 1.08. The van der Waals surface area contributed by atoms with Crippen LogP contribution in [0.15, 0.2) is 146 Å². The molecule has 0 spiro atoms. The Morgan fingerprint density at radius 3 is 1.56 bits per heavy atom. The predicted octanol–water partition coefficient (Wildman–Crippen LogP) is 10.7. The minimum Gasteiger partial charge on any atom is -0.309 e. The Bertz CT molecular complexity index is 2670.